The molecule has 23 heavy (non-hydrogen) atoms. The Kier molecular flexibility index (Phi) is 5.08. The maximum Gasteiger partial charge on any atom is 0.258 e. The Morgan fingerprint density at radius 2 is 2.17 bits per heavy atom. The van der Waals surface area contributed by atoms with Crippen LogP contribution in [0.4, 0.5) is 0 Å². The van der Waals surface area contributed by atoms with Crippen molar-refractivity contribution in [1.29, 1.82) is 0 Å². The Balaban J connectivity index is 1.60. The number of rotatable bonds is 4. The summed E-state index contributed by atoms with van der Waals surface area (Å²) in [5.41, 5.74) is 1.000. The summed E-state index contributed by atoms with van der Waals surface area (Å²) in [4.78, 5) is 12.2. The molecule has 120 valence electrons. The van der Waals surface area contributed by atoms with Gasteiger partial charge in [-0.2, -0.15) is 0 Å². The third-order valence-corrected chi connectivity index (χ3v) is 4.40. The van der Waals surface area contributed by atoms with Crippen LogP contribution in [0.1, 0.15) is 18.0 Å². The third kappa shape index (κ3) is 3.98. The van der Waals surface area contributed by atoms with Gasteiger partial charge in [0.2, 0.25) is 0 Å². The summed E-state index contributed by atoms with van der Waals surface area (Å²) >= 11 is 9.24. The van der Waals surface area contributed by atoms with E-state index in [1.54, 1.807) is 18.2 Å². The fourth-order valence-corrected chi connectivity index (χ4v) is 3.26. The minimum Gasteiger partial charge on any atom is -0.493 e. The lowest BCUT2D eigenvalue weighted by Gasteiger charge is -2.26. The maximum absolute atomic E-state index is 12.2. The summed E-state index contributed by atoms with van der Waals surface area (Å²) in [7, 11) is 0. The Bertz CT molecular complexity index is 723. The number of amides is 1. The molecule has 0 saturated heterocycles. The number of carbonyl (C=O) groups is 1. The van der Waals surface area contributed by atoms with Gasteiger partial charge in [-0.1, -0.05) is 29.8 Å². The molecule has 0 fully saturated rings. The highest BCUT2D eigenvalue weighted by Crippen LogP contribution is 2.31. The summed E-state index contributed by atoms with van der Waals surface area (Å²) in [5, 5.41) is 3.60. The van der Waals surface area contributed by atoms with Crippen LogP contribution in [0.15, 0.2) is 46.9 Å². The SMILES string of the molecule is O=C(COc1ccc(Cl)cc1Br)N[C@@H]1CCOc2ccccc21. The number of benzene rings is 2. The van der Waals surface area contributed by atoms with Crippen molar-refractivity contribution in [3.8, 4) is 11.5 Å². The second-order valence-corrected chi connectivity index (χ2v) is 6.45. The quantitative estimate of drug-likeness (QED) is 0.845. The summed E-state index contributed by atoms with van der Waals surface area (Å²) in [5.74, 6) is 1.23. The molecule has 0 aromatic heterocycles. The van der Waals surface area contributed by atoms with Crippen LogP contribution in [0.25, 0.3) is 0 Å². The first-order chi connectivity index (χ1) is 11.1. The van der Waals surface area contributed by atoms with Gasteiger partial charge in [0.25, 0.3) is 5.91 Å². The second kappa shape index (κ2) is 7.23. The molecule has 6 heteroatoms. The van der Waals surface area contributed by atoms with Gasteiger partial charge in [-0.05, 0) is 40.2 Å². The molecule has 0 saturated carbocycles. The third-order valence-electron chi connectivity index (χ3n) is 3.55. The van der Waals surface area contributed by atoms with Crippen molar-refractivity contribution in [3.05, 3.63) is 57.5 Å². The van der Waals surface area contributed by atoms with Crippen LogP contribution >= 0.6 is 27.5 Å². The van der Waals surface area contributed by atoms with Crippen molar-refractivity contribution >= 4 is 33.4 Å². The van der Waals surface area contributed by atoms with Crippen LogP contribution in [-0.4, -0.2) is 19.1 Å². The van der Waals surface area contributed by atoms with E-state index in [9.17, 15) is 4.79 Å². The lowest BCUT2D eigenvalue weighted by atomic mass is 10.0. The zero-order valence-corrected chi connectivity index (χ0v) is 14.6. The molecule has 1 amide bonds. The molecule has 1 aliphatic rings. The molecule has 0 aliphatic carbocycles. The topological polar surface area (TPSA) is 47.6 Å². The predicted octanol–water partition coefficient (Wildman–Crippen LogP) is 4.12. The molecule has 1 atom stereocenters. The monoisotopic (exact) mass is 395 g/mol. The van der Waals surface area contributed by atoms with Gasteiger partial charge in [0.15, 0.2) is 6.61 Å². The van der Waals surface area contributed by atoms with E-state index < -0.39 is 0 Å². The Morgan fingerprint density at radius 3 is 3.00 bits per heavy atom. The zero-order chi connectivity index (χ0) is 16.2. The van der Waals surface area contributed by atoms with E-state index in [1.165, 1.54) is 0 Å². The number of halogens is 2. The van der Waals surface area contributed by atoms with Gasteiger partial charge in [0.05, 0.1) is 17.1 Å². The largest absolute Gasteiger partial charge is 0.493 e. The molecule has 0 radical (unpaired) electrons. The van der Waals surface area contributed by atoms with E-state index in [0.717, 1.165) is 17.7 Å². The van der Waals surface area contributed by atoms with Crippen LogP contribution < -0.4 is 14.8 Å². The first-order valence-electron chi connectivity index (χ1n) is 7.22. The average Bonchev–Trinajstić information content (AvgIpc) is 2.54. The van der Waals surface area contributed by atoms with E-state index in [0.29, 0.717) is 21.9 Å². The van der Waals surface area contributed by atoms with Crippen molar-refractivity contribution in [1.82, 2.24) is 5.32 Å². The molecule has 1 aliphatic heterocycles. The molecule has 0 spiro atoms. The maximum atomic E-state index is 12.2. The molecule has 2 aromatic carbocycles. The van der Waals surface area contributed by atoms with E-state index in [4.69, 9.17) is 21.1 Å². The summed E-state index contributed by atoms with van der Waals surface area (Å²) in [6, 6.07) is 12.9. The average molecular weight is 397 g/mol. The highest BCUT2D eigenvalue weighted by atomic mass is 79.9. The van der Waals surface area contributed by atoms with Crippen molar-refractivity contribution < 1.29 is 14.3 Å². The number of ether oxygens (including phenoxy) is 2. The first kappa shape index (κ1) is 16.1. The van der Waals surface area contributed by atoms with Crippen molar-refractivity contribution in [2.75, 3.05) is 13.2 Å². The number of fused-ring (bicyclic) bond motifs is 1. The van der Waals surface area contributed by atoms with E-state index in [-0.39, 0.29) is 18.6 Å². The zero-order valence-electron chi connectivity index (χ0n) is 12.2. The number of hydrogen-bond acceptors (Lipinski definition) is 3. The van der Waals surface area contributed by atoms with Crippen LogP contribution in [0.3, 0.4) is 0 Å². The van der Waals surface area contributed by atoms with E-state index >= 15 is 0 Å². The van der Waals surface area contributed by atoms with Crippen molar-refractivity contribution in [3.63, 3.8) is 0 Å². The van der Waals surface area contributed by atoms with Gasteiger partial charge in [-0.3, -0.25) is 4.79 Å². The minimum absolute atomic E-state index is 0.0512. The molecule has 2 aromatic rings. The van der Waals surface area contributed by atoms with Crippen LogP contribution in [0, 0.1) is 0 Å². The first-order valence-corrected chi connectivity index (χ1v) is 8.39. The van der Waals surface area contributed by atoms with Crippen LogP contribution in [0.2, 0.25) is 5.02 Å². The molecule has 1 heterocycles. The van der Waals surface area contributed by atoms with Gasteiger partial charge in [0, 0.05) is 17.0 Å². The summed E-state index contributed by atoms with van der Waals surface area (Å²) in [6.45, 7) is 0.533. The lowest BCUT2D eigenvalue weighted by Crippen LogP contribution is -2.35. The van der Waals surface area contributed by atoms with E-state index in [1.807, 2.05) is 24.3 Å². The van der Waals surface area contributed by atoms with Crippen LogP contribution in [0.5, 0.6) is 11.5 Å². The van der Waals surface area contributed by atoms with Gasteiger partial charge in [-0.25, -0.2) is 0 Å². The standard InChI is InChI=1S/C17H15BrClNO3/c18-13-9-11(19)5-6-16(13)23-10-17(21)20-14-7-8-22-15-4-2-1-3-12(14)15/h1-6,9,14H,7-8,10H2,(H,20,21)/t14-/m1/s1. The van der Waals surface area contributed by atoms with Crippen LogP contribution in [-0.2, 0) is 4.79 Å². The van der Waals surface area contributed by atoms with Gasteiger partial charge >= 0.3 is 0 Å². The summed E-state index contributed by atoms with van der Waals surface area (Å²) in [6.07, 6.45) is 0.743. The summed E-state index contributed by atoms with van der Waals surface area (Å²) < 4.78 is 11.8. The highest BCUT2D eigenvalue weighted by Gasteiger charge is 2.22. The number of nitrogens with one attached hydrogen (secondary N) is 1. The van der Waals surface area contributed by atoms with Crippen molar-refractivity contribution in [2.45, 2.75) is 12.5 Å². The number of hydrogen-bond donors (Lipinski definition) is 1. The Morgan fingerprint density at radius 1 is 1.35 bits per heavy atom. The van der Waals surface area contributed by atoms with E-state index in [2.05, 4.69) is 21.2 Å². The molecular weight excluding hydrogens is 382 g/mol. The normalized spacial score (nSPS) is 16.2. The van der Waals surface area contributed by atoms with Gasteiger partial charge in [-0.15, -0.1) is 0 Å². The van der Waals surface area contributed by atoms with Gasteiger partial charge in [0.1, 0.15) is 11.5 Å². The number of para-hydroxylation sites is 1. The Labute approximate surface area is 147 Å². The van der Waals surface area contributed by atoms with Gasteiger partial charge < -0.3 is 14.8 Å². The molecule has 3 rings (SSSR count). The fraction of sp³-hybridized carbons (Fsp3) is 0.235. The smallest absolute Gasteiger partial charge is 0.258 e. The van der Waals surface area contributed by atoms with Crippen molar-refractivity contribution in [2.24, 2.45) is 0 Å². The molecule has 4 nitrogen and oxygen atoms in total. The molecule has 1 N–H and O–H groups in total. The predicted molar refractivity (Wildman–Crippen MR) is 92.1 cm³/mol. The number of carbonyl (C=O) groups excluding carboxylic acids is 1. The second-order valence-electron chi connectivity index (χ2n) is 5.16. The fourth-order valence-electron chi connectivity index (χ4n) is 2.46. The molecule has 0 unspecified atom stereocenters. The molecule has 0 bridgehead atoms. The minimum atomic E-state index is -0.173. The lowest BCUT2D eigenvalue weighted by molar-refractivity contribution is -0.124. The molecular formula is C17H15BrClNO3. The highest BCUT2D eigenvalue weighted by molar-refractivity contribution is 9.10. The Hall–Kier alpha value is -1.72.